The van der Waals surface area contributed by atoms with Crippen LogP contribution in [0.25, 0.3) is 21.8 Å². The standard InChI is InChI=1S/C16H12BrFN2S/c17-12-6-11(7-13(18)8-12)16-20-15(14(9-19)21-16)10-4-2-1-3-5-10/h1-8H,9,19H2. The Hall–Kier alpha value is -1.56. The van der Waals surface area contributed by atoms with E-state index in [0.717, 1.165) is 26.7 Å². The number of rotatable bonds is 3. The Labute approximate surface area is 134 Å². The number of nitrogens with two attached hydrogens (primary N) is 1. The van der Waals surface area contributed by atoms with Gasteiger partial charge in [-0.05, 0) is 18.2 Å². The maximum atomic E-state index is 13.5. The van der Waals surface area contributed by atoms with Gasteiger partial charge in [-0.25, -0.2) is 9.37 Å². The normalized spacial score (nSPS) is 10.8. The Bertz CT molecular complexity index is 751. The molecule has 2 N–H and O–H groups in total. The molecule has 21 heavy (non-hydrogen) atoms. The van der Waals surface area contributed by atoms with E-state index in [-0.39, 0.29) is 5.82 Å². The molecule has 2 nitrogen and oxygen atoms in total. The van der Waals surface area contributed by atoms with Gasteiger partial charge in [0.15, 0.2) is 0 Å². The molecule has 0 aliphatic carbocycles. The molecule has 0 spiro atoms. The van der Waals surface area contributed by atoms with Crippen molar-refractivity contribution in [2.24, 2.45) is 5.73 Å². The predicted molar refractivity (Wildman–Crippen MR) is 88.5 cm³/mol. The lowest BCUT2D eigenvalue weighted by Crippen LogP contribution is -1.95. The van der Waals surface area contributed by atoms with Crippen molar-refractivity contribution in [3.8, 4) is 21.8 Å². The Kier molecular flexibility index (Phi) is 4.14. The molecular formula is C16H12BrFN2S. The molecule has 0 fully saturated rings. The number of hydrogen-bond acceptors (Lipinski definition) is 3. The largest absolute Gasteiger partial charge is 0.326 e. The van der Waals surface area contributed by atoms with Crippen molar-refractivity contribution in [1.82, 2.24) is 4.98 Å². The zero-order chi connectivity index (χ0) is 14.8. The molecule has 0 aliphatic heterocycles. The lowest BCUT2D eigenvalue weighted by molar-refractivity contribution is 0.627. The lowest BCUT2D eigenvalue weighted by Gasteiger charge is -1.99. The van der Waals surface area contributed by atoms with E-state index in [4.69, 9.17) is 5.73 Å². The van der Waals surface area contributed by atoms with Crippen molar-refractivity contribution < 1.29 is 4.39 Å². The molecule has 0 bridgehead atoms. The van der Waals surface area contributed by atoms with Crippen LogP contribution in [-0.4, -0.2) is 4.98 Å². The number of thiazole rings is 1. The summed E-state index contributed by atoms with van der Waals surface area (Å²) < 4.78 is 14.2. The fraction of sp³-hybridized carbons (Fsp3) is 0.0625. The fourth-order valence-corrected chi connectivity index (χ4v) is 3.53. The molecule has 1 aromatic heterocycles. The van der Waals surface area contributed by atoms with E-state index in [0.29, 0.717) is 11.0 Å². The minimum Gasteiger partial charge on any atom is -0.326 e. The van der Waals surface area contributed by atoms with Crippen LogP contribution in [-0.2, 0) is 6.54 Å². The molecule has 0 atom stereocenters. The van der Waals surface area contributed by atoms with Gasteiger partial charge in [0, 0.05) is 27.0 Å². The van der Waals surface area contributed by atoms with Crippen LogP contribution in [0, 0.1) is 5.82 Å². The number of aromatic nitrogens is 1. The van der Waals surface area contributed by atoms with E-state index >= 15 is 0 Å². The van der Waals surface area contributed by atoms with Crippen LogP contribution in [0.4, 0.5) is 4.39 Å². The zero-order valence-electron chi connectivity index (χ0n) is 11.0. The first-order chi connectivity index (χ1) is 10.2. The van der Waals surface area contributed by atoms with Crippen LogP contribution < -0.4 is 5.73 Å². The van der Waals surface area contributed by atoms with E-state index < -0.39 is 0 Å². The highest BCUT2D eigenvalue weighted by molar-refractivity contribution is 9.10. The minimum atomic E-state index is -0.287. The molecule has 0 aliphatic rings. The van der Waals surface area contributed by atoms with Gasteiger partial charge >= 0.3 is 0 Å². The predicted octanol–water partition coefficient (Wildman–Crippen LogP) is 4.84. The van der Waals surface area contributed by atoms with Crippen molar-refractivity contribution in [3.05, 3.63) is 63.7 Å². The molecule has 0 saturated heterocycles. The van der Waals surface area contributed by atoms with Crippen molar-refractivity contribution in [1.29, 1.82) is 0 Å². The van der Waals surface area contributed by atoms with Crippen LogP contribution in [0.3, 0.4) is 0 Å². The second-order valence-corrected chi connectivity index (χ2v) is 6.52. The van der Waals surface area contributed by atoms with E-state index in [1.807, 2.05) is 36.4 Å². The number of halogens is 2. The van der Waals surface area contributed by atoms with E-state index in [1.165, 1.54) is 23.5 Å². The van der Waals surface area contributed by atoms with Crippen LogP contribution in [0.5, 0.6) is 0 Å². The quantitative estimate of drug-likeness (QED) is 0.723. The Morgan fingerprint density at radius 1 is 1.10 bits per heavy atom. The number of benzene rings is 2. The molecule has 2 aromatic carbocycles. The molecule has 0 radical (unpaired) electrons. The van der Waals surface area contributed by atoms with Crippen molar-refractivity contribution in [2.75, 3.05) is 0 Å². The topological polar surface area (TPSA) is 38.9 Å². The highest BCUT2D eigenvalue weighted by Crippen LogP contribution is 2.34. The summed E-state index contributed by atoms with van der Waals surface area (Å²) in [7, 11) is 0. The maximum Gasteiger partial charge on any atom is 0.125 e. The van der Waals surface area contributed by atoms with E-state index in [9.17, 15) is 4.39 Å². The van der Waals surface area contributed by atoms with Gasteiger partial charge in [0.25, 0.3) is 0 Å². The van der Waals surface area contributed by atoms with Gasteiger partial charge in [-0.1, -0.05) is 46.3 Å². The summed E-state index contributed by atoms with van der Waals surface area (Å²) in [5, 5.41) is 0.773. The van der Waals surface area contributed by atoms with Crippen LogP contribution >= 0.6 is 27.3 Å². The molecule has 0 unspecified atom stereocenters. The summed E-state index contributed by atoms with van der Waals surface area (Å²) in [5.74, 6) is -0.287. The third-order valence-electron chi connectivity index (χ3n) is 3.04. The third kappa shape index (κ3) is 3.05. The monoisotopic (exact) mass is 362 g/mol. The van der Waals surface area contributed by atoms with Gasteiger partial charge in [0.1, 0.15) is 10.8 Å². The van der Waals surface area contributed by atoms with Gasteiger partial charge < -0.3 is 5.73 Å². The van der Waals surface area contributed by atoms with Crippen LogP contribution in [0.1, 0.15) is 4.88 Å². The first-order valence-corrected chi connectivity index (χ1v) is 8.00. The van der Waals surface area contributed by atoms with Gasteiger partial charge in [0.2, 0.25) is 0 Å². The summed E-state index contributed by atoms with van der Waals surface area (Å²) in [6.45, 7) is 0.415. The molecule has 3 aromatic rings. The molecule has 0 amide bonds. The average molecular weight is 363 g/mol. The van der Waals surface area contributed by atoms with Crippen LogP contribution in [0.2, 0.25) is 0 Å². The van der Waals surface area contributed by atoms with Crippen molar-refractivity contribution >= 4 is 27.3 Å². The number of hydrogen-bond donors (Lipinski definition) is 1. The first kappa shape index (κ1) is 14.4. The van der Waals surface area contributed by atoms with Crippen molar-refractivity contribution in [2.45, 2.75) is 6.54 Å². The average Bonchev–Trinajstić information content (AvgIpc) is 2.91. The summed E-state index contributed by atoms with van der Waals surface area (Å²) in [6.07, 6.45) is 0. The van der Waals surface area contributed by atoms with Gasteiger partial charge in [-0.3, -0.25) is 0 Å². The molecule has 5 heteroatoms. The Morgan fingerprint density at radius 2 is 1.86 bits per heavy atom. The highest BCUT2D eigenvalue weighted by atomic mass is 79.9. The third-order valence-corrected chi connectivity index (χ3v) is 4.62. The van der Waals surface area contributed by atoms with Crippen molar-refractivity contribution in [3.63, 3.8) is 0 Å². The molecule has 106 valence electrons. The molecular weight excluding hydrogens is 351 g/mol. The van der Waals surface area contributed by atoms with Gasteiger partial charge in [-0.15, -0.1) is 11.3 Å². The molecule has 3 rings (SSSR count). The SMILES string of the molecule is NCc1sc(-c2cc(F)cc(Br)c2)nc1-c1ccccc1. The summed E-state index contributed by atoms with van der Waals surface area (Å²) in [5.41, 5.74) is 8.48. The fourth-order valence-electron chi connectivity index (χ4n) is 2.11. The van der Waals surface area contributed by atoms with Crippen LogP contribution in [0.15, 0.2) is 53.0 Å². The number of nitrogens with zero attached hydrogens (tertiary/aromatic N) is 1. The van der Waals surface area contributed by atoms with Gasteiger partial charge in [-0.2, -0.15) is 0 Å². The maximum absolute atomic E-state index is 13.5. The molecule has 1 heterocycles. The summed E-state index contributed by atoms with van der Waals surface area (Å²) in [6, 6.07) is 14.7. The highest BCUT2D eigenvalue weighted by Gasteiger charge is 2.14. The first-order valence-electron chi connectivity index (χ1n) is 6.39. The second-order valence-electron chi connectivity index (χ2n) is 4.52. The Morgan fingerprint density at radius 3 is 2.52 bits per heavy atom. The smallest absolute Gasteiger partial charge is 0.125 e. The Balaban J connectivity index is 2.11. The second kappa shape index (κ2) is 6.05. The van der Waals surface area contributed by atoms with E-state index in [1.54, 1.807) is 0 Å². The lowest BCUT2D eigenvalue weighted by atomic mass is 10.1. The zero-order valence-corrected chi connectivity index (χ0v) is 13.4. The minimum absolute atomic E-state index is 0.287. The summed E-state index contributed by atoms with van der Waals surface area (Å²) >= 11 is 4.81. The molecule has 0 saturated carbocycles. The van der Waals surface area contributed by atoms with E-state index in [2.05, 4.69) is 20.9 Å². The summed E-state index contributed by atoms with van der Waals surface area (Å²) in [4.78, 5) is 5.65. The van der Waals surface area contributed by atoms with Gasteiger partial charge in [0.05, 0.1) is 5.69 Å².